The molecule has 4 aromatic carbocycles. The van der Waals surface area contributed by atoms with Crippen molar-refractivity contribution in [2.75, 3.05) is 10.6 Å². The smallest absolute Gasteiger partial charge is 0.255 e. The molecule has 2 amide bonds. The maximum absolute atomic E-state index is 12.8. The number of amides is 2. The number of benzene rings is 4. The lowest BCUT2D eigenvalue weighted by Crippen LogP contribution is -2.14. The van der Waals surface area contributed by atoms with Crippen LogP contribution in [0.1, 0.15) is 20.7 Å². The molecule has 8 heteroatoms. The van der Waals surface area contributed by atoms with E-state index in [1.807, 2.05) is 30.3 Å². The van der Waals surface area contributed by atoms with Crippen LogP contribution in [0.3, 0.4) is 0 Å². The third-order valence-electron chi connectivity index (χ3n) is 4.74. The number of halogens is 2. The number of rotatable bonds is 6. The van der Waals surface area contributed by atoms with Gasteiger partial charge in [0.1, 0.15) is 5.69 Å². The van der Waals surface area contributed by atoms with Crippen LogP contribution < -0.4 is 10.6 Å². The Bertz CT molecular complexity index is 1340. The molecule has 4 rings (SSSR count). The molecule has 0 aliphatic heterocycles. The first-order valence-electron chi connectivity index (χ1n) is 10.2. The van der Waals surface area contributed by atoms with Gasteiger partial charge in [-0.3, -0.25) is 9.59 Å². The predicted molar refractivity (Wildman–Crippen MR) is 136 cm³/mol. The van der Waals surface area contributed by atoms with E-state index in [9.17, 15) is 9.59 Å². The first-order valence-corrected chi connectivity index (χ1v) is 11.0. The van der Waals surface area contributed by atoms with Gasteiger partial charge < -0.3 is 10.6 Å². The molecule has 0 saturated carbocycles. The number of hydrogen-bond acceptors (Lipinski definition) is 4. The molecule has 0 fully saturated rings. The number of nitrogens with zero attached hydrogens (tertiary/aromatic N) is 2. The molecule has 34 heavy (non-hydrogen) atoms. The van der Waals surface area contributed by atoms with Crippen LogP contribution in [0.25, 0.3) is 0 Å². The summed E-state index contributed by atoms with van der Waals surface area (Å²) in [6, 6.07) is 27.2. The van der Waals surface area contributed by atoms with Gasteiger partial charge in [-0.05, 0) is 78.9 Å². The minimum Gasteiger partial charge on any atom is -0.322 e. The molecular formula is C26H18Cl2N4O2. The van der Waals surface area contributed by atoms with E-state index >= 15 is 0 Å². The van der Waals surface area contributed by atoms with E-state index in [4.69, 9.17) is 23.2 Å². The summed E-state index contributed by atoms with van der Waals surface area (Å²) >= 11 is 11.8. The van der Waals surface area contributed by atoms with Crippen LogP contribution in [-0.2, 0) is 0 Å². The molecule has 0 atom stereocenters. The van der Waals surface area contributed by atoms with E-state index < -0.39 is 0 Å². The third kappa shape index (κ3) is 6.07. The second-order valence-electron chi connectivity index (χ2n) is 7.19. The van der Waals surface area contributed by atoms with Crippen LogP contribution in [0, 0.1) is 0 Å². The topological polar surface area (TPSA) is 82.9 Å². The predicted octanol–water partition coefficient (Wildman–Crippen LogP) is 7.91. The van der Waals surface area contributed by atoms with Crippen LogP contribution >= 0.6 is 23.2 Å². The zero-order valence-electron chi connectivity index (χ0n) is 17.7. The Balaban J connectivity index is 1.62. The Hall–Kier alpha value is -4.00. The monoisotopic (exact) mass is 488 g/mol. The van der Waals surface area contributed by atoms with E-state index in [0.717, 1.165) is 0 Å². The summed E-state index contributed by atoms with van der Waals surface area (Å²) < 4.78 is 0. The van der Waals surface area contributed by atoms with Crippen molar-refractivity contribution >= 4 is 57.8 Å². The van der Waals surface area contributed by atoms with E-state index in [1.54, 1.807) is 66.7 Å². The number of carbonyl (C=O) groups excluding carboxylic acids is 2. The highest BCUT2D eigenvalue weighted by molar-refractivity contribution is 6.31. The van der Waals surface area contributed by atoms with Crippen molar-refractivity contribution in [1.82, 2.24) is 0 Å². The second-order valence-corrected chi connectivity index (χ2v) is 8.06. The van der Waals surface area contributed by atoms with E-state index in [1.165, 1.54) is 0 Å². The molecule has 0 spiro atoms. The van der Waals surface area contributed by atoms with Gasteiger partial charge in [0.15, 0.2) is 0 Å². The van der Waals surface area contributed by atoms with E-state index in [-0.39, 0.29) is 11.8 Å². The van der Waals surface area contributed by atoms with Gasteiger partial charge >= 0.3 is 0 Å². The Morgan fingerprint density at radius 3 is 1.76 bits per heavy atom. The minimum atomic E-state index is -0.353. The van der Waals surface area contributed by atoms with Gasteiger partial charge in [0.2, 0.25) is 0 Å². The van der Waals surface area contributed by atoms with Crippen molar-refractivity contribution in [1.29, 1.82) is 0 Å². The second kappa shape index (κ2) is 10.7. The Kier molecular flexibility index (Phi) is 7.32. The number of hydrogen-bond donors (Lipinski definition) is 2. The van der Waals surface area contributed by atoms with Gasteiger partial charge in [0.05, 0.1) is 11.4 Å². The van der Waals surface area contributed by atoms with Crippen molar-refractivity contribution in [2.45, 2.75) is 0 Å². The van der Waals surface area contributed by atoms with E-state index in [2.05, 4.69) is 20.9 Å². The highest BCUT2D eigenvalue weighted by Gasteiger charge is 2.12. The fourth-order valence-electron chi connectivity index (χ4n) is 3.01. The summed E-state index contributed by atoms with van der Waals surface area (Å²) in [4.78, 5) is 25.4. The summed E-state index contributed by atoms with van der Waals surface area (Å²) in [7, 11) is 0. The summed E-state index contributed by atoms with van der Waals surface area (Å²) in [6.45, 7) is 0. The zero-order chi connectivity index (χ0) is 23.9. The lowest BCUT2D eigenvalue weighted by atomic mass is 10.1. The third-order valence-corrected chi connectivity index (χ3v) is 5.25. The molecule has 0 saturated heterocycles. The van der Waals surface area contributed by atoms with Gasteiger partial charge in [-0.2, -0.15) is 5.11 Å². The summed E-state index contributed by atoms with van der Waals surface area (Å²) in [5.41, 5.74) is 2.82. The molecule has 2 N–H and O–H groups in total. The lowest BCUT2D eigenvalue weighted by Gasteiger charge is -2.11. The summed E-state index contributed by atoms with van der Waals surface area (Å²) in [5.74, 6) is -0.667. The highest BCUT2D eigenvalue weighted by Crippen LogP contribution is 2.31. The molecule has 0 heterocycles. The van der Waals surface area contributed by atoms with Gasteiger partial charge in [-0.25, -0.2) is 0 Å². The average Bonchev–Trinajstić information content (AvgIpc) is 2.85. The largest absolute Gasteiger partial charge is 0.322 e. The number of azo groups is 1. The Labute approximate surface area is 206 Å². The van der Waals surface area contributed by atoms with Crippen molar-refractivity contribution < 1.29 is 9.59 Å². The first kappa shape index (κ1) is 23.2. The zero-order valence-corrected chi connectivity index (χ0v) is 19.2. The maximum atomic E-state index is 12.8. The van der Waals surface area contributed by atoms with Crippen molar-refractivity contribution in [3.8, 4) is 0 Å². The molecule has 0 aromatic heterocycles. The SMILES string of the molecule is O=C(Nc1ccc(N=Nc2ccccc2)c(NC(=O)c2ccc(Cl)cc2)c1)c1ccc(Cl)cc1. The number of nitrogens with one attached hydrogen (secondary N) is 2. The lowest BCUT2D eigenvalue weighted by molar-refractivity contribution is 0.101. The average molecular weight is 489 g/mol. The normalized spacial score (nSPS) is 10.8. The van der Waals surface area contributed by atoms with Crippen LogP contribution in [-0.4, -0.2) is 11.8 Å². The van der Waals surface area contributed by atoms with Gasteiger partial charge in [0.25, 0.3) is 11.8 Å². The minimum absolute atomic E-state index is 0.315. The fraction of sp³-hybridized carbons (Fsp3) is 0. The van der Waals surface area contributed by atoms with Gasteiger partial charge in [0, 0.05) is 26.9 Å². The molecule has 0 unspecified atom stereocenters. The molecule has 0 aliphatic rings. The standard InChI is InChI=1S/C26H18Cl2N4O2/c27-19-10-6-17(7-11-19)25(33)29-22-14-15-23(32-31-21-4-2-1-3-5-21)24(16-22)30-26(34)18-8-12-20(28)13-9-18/h1-16H,(H,29,33)(H,30,34). The van der Waals surface area contributed by atoms with Crippen LogP contribution in [0.2, 0.25) is 10.0 Å². The molecule has 0 bridgehead atoms. The molecular weight excluding hydrogens is 471 g/mol. The fourth-order valence-corrected chi connectivity index (χ4v) is 3.26. The van der Waals surface area contributed by atoms with Crippen LogP contribution in [0.4, 0.5) is 22.7 Å². The van der Waals surface area contributed by atoms with Crippen molar-refractivity contribution in [3.05, 3.63) is 118 Å². The highest BCUT2D eigenvalue weighted by atomic mass is 35.5. The first-order chi connectivity index (χ1) is 16.5. The van der Waals surface area contributed by atoms with Crippen LogP contribution in [0.5, 0.6) is 0 Å². The van der Waals surface area contributed by atoms with E-state index in [0.29, 0.717) is 43.9 Å². The van der Waals surface area contributed by atoms with Gasteiger partial charge in [-0.1, -0.05) is 41.4 Å². The molecule has 6 nitrogen and oxygen atoms in total. The summed E-state index contributed by atoms with van der Waals surface area (Å²) in [6.07, 6.45) is 0. The Morgan fingerprint density at radius 1 is 0.618 bits per heavy atom. The molecule has 0 aliphatic carbocycles. The van der Waals surface area contributed by atoms with Crippen molar-refractivity contribution in [3.63, 3.8) is 0 Å². The quantitative estimate of drug-likeness (QED) is 0.270. The molecule has 168 valence electrons. The summed E-state index contributed by atoms with van der Waals surface area (Å²) in [5, 5.41) is 15.2. The van der Waals surface area contributed by atoms with Gasteiger partial charge in [-0.15, -0.1) is 5.11 Å². The maximum Gasteiger partial charge on any atom is 0.255 e. The number of anilines is 2. The van der Waals surface area contributed by atoms with Crippen LogP contribution in [0.15, 0.2) is 107 Å². The van der Waals surface area contributed by atoms with Crippen molar-refractivity contribution in [2.24, 2.45) is 10.2 Å². The Morgan fingerprint density at radius 2 is 1.18 bits per heavy atom. The molecule has 0 radical (unpaired) electrons. The molecule has 4 aromatic rings. The number of carbonyl (C=O) groups is 2.